The molecule has 5 rings (SSSR count). The molecule has 5 nitrogen and oxygen atoms in total. The summed E-state index contributed by atoms with van der Waals surface area (Å²) in [6.07, 6.45) is 18.7. The van der Waals surface area contributed by atoms with Gasteiger partial charge in [0.05, 0.1) is 5.54 Å². The molecule has 0 atom stereocenters. The minimum Gasteiger partial charge on any atom is -0.351 e. The van der Waals surface area contributed by atoms with Crippen molar-refractivity contribution < 1.29 is 0 Å². The molecule has 0 unspecified atom stereocenters. The van der Waals surface area contributed by atoms with E-state index in [0.29, 0.717) is 12.1 Å². The van der Waals surface area contributed by atoms with E-state index in [9.17, 15) is 0 Å². The summed E-state index contributed by atoms with van der Waals surface area (Å²) in [5.74, 6) is 0.777. The van der Waals surface area contributed by atoms with Crippen LogP contribution in [0, 0.1) is 0 Å². The minimum atomic E-state index is 0.229. The quantitative estimate of drug-likeness (QED) is 0.851. The summed E-state index contributed by atoms with van der Waals surface area (Å²) < 4.78 is 2.53. The molecule has 2 aromatic rings. The van der Waals surface area contributed by atoms with Crippen LogP contribution in [-0.4, -0.2) is 26.6 Å². The van der Waals surface area contributed by atoms with Gasteiger partial charge >= 0.3 is 0 Å². The van der Waals surface area contributed by atoms with E-state index in [1.165, 1.54) is 37.8 Å². The highest BCUT2D eigenvalue weighted by atomic mass is 15.2. The van der Waals surface area contributed by atoms with Crippen molar-refractivity contribution in [1.82, 2.24) is 14.5 Å². The zero-order chi connectivity index (χ0) is 17.6. The van der Waals surface area contributed by atoms with Gasteiger partial charge in [0.1, 0.15) is 5.65 Å². The van der Waals surface area contributed by atoms with Crippen LogP contribution in [0.15, 0.2) is 18.3 Å². The van der Waals surface area contributed by atoms with Gasteiger partial charge in [-0.3, -0.25) is 0 Å². The van der Waals surface area contributed by atoms with E-state index in [2.05, 4.69) is 33.1 Å². The minimum absolute atomic E-state index is 0.229. The molecule has 2 aromatic heterocycles. The van der Waals surface area contributed by atoms with E-state index in [0.717, 1.165) is 49.1 Å². The Bertz CT molecular complexity index is 822. The standard InChI is InChI=1S/C21H29N5/c22-16-6-8-17(9-7-16)24-20-23-14-15-13-18-5-4-12-21(10-2-1-3-11-21)26(18)19(15)25-20/h4-5,13-14,16-17H,1-3,6-12,22H2,(H,23,24,25). The van der Waals surface area contributed by atoms with Gasteiger partial charge < -0.3 is 15.6 Å². The van der Waals surface area contributed by atoms with Crippen molar-refractivity contribution in [3.63, 3.8) is 0 Å². The van der Waals surface area contributed by atoms with Crippen LogP contribution in [0.3, 0.4) is 0 Å². The Balaban J connectivity index is 1.50. The topological polar surface area (TPSA) is 68.8 Å². The van der Waals surface area contributed by atoms with Crippen molar-refractivity contribution in [2.75, 3.05) is 5.32 Å². The van der Waals surface area contributed by atoms with Crippen molar-refractivity contribution >= 4 is 23.1 Å². The van der Waals surface area contributed by atoms with E-state index < -0.39 is 0 Å². The number of hydrogen-bond donors (Lipinski definition) is 2. The first-order chi connectivity index (χ1) is 12.7. The Labute approximate surface area is 155 Å². The van der Waals surface area contributed by atoms with E-state index in [4.69, 9.17) is 10.7 Å². The van der Waals surface area contributed by atoms with Gasteiger partial charge in [-0.15, -0.1) is 0 Å². The van der Waals surface area contributed by atoms with Gasteiger partial charge in [-0.2, -0.15) is 4.98 Å². The molecule has 2 saturated carbocycles. The van der Waals surface area contributed by atoms with Crippen LogP contribution in [0.2, 0.25) is 0 Å². The number of nitrogens with one attached hydrogen (secondary N) is 1. The van der Waals surface area contributed by atoms with E-state index in [-0.39, 0.29) is 5.54 Å². The number of fused-ring (bicyclic) bond motifs is 4. The SMILES string of the molecule is NC1CCC(Nc2ncc3cc4n(c3n2)C2(CC=C4)CCCCC2)CC1. The van der Waals surface area contributed by atoms with Crippen LogP contribution in [-0.2, 0) is 5.54 Å². The number of allylic oxidation sites excluding steroid dienone is 1. The van der Waals surface area contributed by atoms with Crippen molar-refractivity contribution in [3.05, 3.63) is 24.0 Å². The Morgan fingerprint density at radius 1 is 1.12 bits per heavy atom. The molecule has 0 aromatic carbocycles. The molecule has 3 aliphatic rings. The van der Waals surface area contributed by atoms with Crippen LogP contribution in [0.5, 0.6) is 0 Å². The lowest BCUT2D eigenvalue weighted by Gasteiger charge is -2.41. The molecule has 3 N–H and O–H groups in total. The van der Waals surface area contributed by atoms with Crippen molar-refractivity contribution in [3.8, 4) is 0 Å². The molecule has 0 amide bonds. The Hall–Kier alpha value is -1.88. The second kappa shape index (κ2) is 6.38. The van der Waals surface area contributed by atoms with Gasteiger partial charge in [0, 0.05) is 29.4 Å². The molecular formula is C21H29N5. The molecule has 0 bridgehead atoms. The highest BCUT2D eigenvalue weighted by molar-refractivity contribution is 5.81. The lowest BCUT2D eigenvalue weighted by molar-refractivity contribution is 0.197. The molecule has 3 heterocycles. The van der Waals surface area contributed by atoms with Gasteiger partial charge in [0.25, 0.3) is 0 Å². The van der Waals surface area contributed by atoms with Crippen LogP contribution in [0.1, 0.15) is 69.9 Å². The normalized spacial score (nSPS) is 27.6. The zero-order valence-electron chi connectivity index (χ0n) is 15.5. The number of nitrogens with two attached hydrogens (primary N) is 1. The maximum atomic E-state index is 6.04. The summed E-state index contributed by atoms with van der Waals surface area (Å²) >= 11 is 0. The molecule has 138 valence electrons. The van der Waals surface area contributed by atoms with Gasteiger partial charge in [-0.1, -0.05) is 25.3 Å². The first kappa shape index (κ1) is 16.3. The lowest BCUT2D eigenvalue weighted by atomic mass is 9.77. The predicted molar refractivity (Wildman–Crippen MR) is 106 cm³/mol. The molecule has 1 spiro atoms. The molecular weight excluding hydrogens is 322 g/mol. The number of rotatable bonds is 2. The summed E-state index contributed by atoms with van der Waals surface area (Å²) in [5, 5.41) is 4.73. The van der Waals surface area contributed by atoms with Crippen LogP contribution < -0.4 is 11.1 Å². The van der Waals surface area contributed by atoms with Gasteiger partial charge in [-0.25, -0.2) is 4.98 Å². The number of nitrogens with zero attached hydrogens (tertiary/aromatic N) is 3. The molecule has 2 fully saturated rings. The van der Waals surface area contributed by atoms with Crippen molar-refractivity contribution in [1.29, 1.82) is 0 Å². The second-order valence-corrected chi connectivity index (χ2v) is 8.52. The summed E-state index contributed by atoms with van der Waals surface area (Å²) in [4.78, 5) is 9.59. The van der Waals surface area contributed by atoms with Gasteiger partial charge in [-0.05, 0) is 57.1 Å². The second-order valence-electron chi connectivity index (χ2n) is 8.52. The molecule has 5 heteroatoms. The summed E-state index contributed by atoms with van der Waals surface area (Å²) in [5.41, 5.74) is 8.67. The molecule has 1 aliphatic heterocycles. The highest BCUT2D eigenvalue weighted by Crippen LogP contribution is 2.44. The first-order valence-corrected chi connectivity index (χ1v) is 10.3. The molecule has 0 radical (unpaired) electrons. The fourth-order valence-electron chi connectivity index (χ4n) is 5.27. The Kier molecular flexibility index (Phi) is 4.00. The van der Waals surface area contributed by atoms with Gasteiger partial charge in [0.2, 0.25) is 5.95 Å². The summed E-state index contributed by atoms with van der Waals surface area (Å²) in [6.45, 7) is 0. The molecule has 0 saturated heterocycles. The average molecular weight is 351 g/mol. The van der Waals surface area contributed by atoms with E-state index in [1.54, 1.807) is 0 Å². The Morgan fingerprint density at radius 3 is 2.73 bits per heavy atom. The van der Waals surface area contributed by atoms with Crippen molar-refractivity contribution in [2.45, 2.75) is 81.8 Å². The van der Waals surface area contributed by atoms with E-state index in [1.807, 2.05) is 6.20 Å². The maximum Gasteiger partial charge on any atom is 0.224 e. The third kappa shape index (κ3) is 2.73. The van der Waals surface area contributed by atoms with Crippen LogP contribution in [0.4, 0.5) is 5.95 Å². The number of anilines is 1. The molecule has 26 heavy (non-hydrogen) atoms. The number of aromatic nitrogens is 3. The highest BCUT2D eigenvalue weighted by Gasteiger charge is 2.37. The fourth-order valence-corrected chi connectivity index (χ4v) is 5.27. The summed E-state index contributed by atoms with van der Waals surface area (Å²) in [6, 6.07) is 3.07. The van der Waals surface area contributed by atoms with Crippen molar-refractivity contribution in [2.24, 2.45) is 5.73 Å². The van der Waals surface area contributed by atoms with Gasteiger partial charge in [0.15, 0.2) is 0 Å². The van der Waals surface area contributed by atoms with Crippen LogP contribution in [0.25, 0.3) is 17.1 Å². The monoisotopic (exact) mass is 351 g/mol. The lowest BCUT2D eigenvalue weighted by Crippen LogP contribution is -2.37. The largest absolute Gasteiger partial charge is 0.351 e. The number of hydrogen-bond acceptors (Lipinski definition) is 4. The third-order valence-electron chi connectivity index (χ3n) is 6.72. The Morgan fingerprint density at radius 2 is 1.92 bits per heavy atom. The summed E-state index contributed by atoms with van der Waals surface area (Å²) in [7, 11) is 0. The first-order valence-electron chi connectivity index (χ1n) is 10.3. The van der Waals surface area contributed by atoms with E-state index >= 15 is 0 Å². The zero-order valence-corrected chi connectivity index (χ0v) is 15.5. The maximum absolute atomic E-state index is 6.04. The van der Waals surface area contributed by atoms with Crippen LogP contribution >= 0.6 is 0 Å². The predicted octanol–water partition coefficient (Wildman–Crippen LogP) is 4.19. The average Bonchev–Trinajstić information content (AvgIpc) is 3.04. The third-order valence-corrected chi connectivity index (χ3v) is 6.72. The smallest absolute Gasteiger partial charge is 0.224 e. The fraction of sp³-hybridized carbons (Fsp3) is 0.619. The molecule has 2 aliphatic carbocycles.